The van der Waals surface area contributed by atoms with Crippen LogP contribution in [-0.2, 0) is 0 Å². The van der Waals surface area contributed by atoms with E-state index in [4.69, 9.17) is 0 Å². The Morgan fingerprint density at radius 1 is 1.53 bits per heavy atom. The quantitative estimate of drug-likeness (QED) is 0.752. The first kappa shape index (κ1) is 10.3. The summed E-state index contributed by atoms with van der Waals surface area (Å²) in [6, 6.07) is 5.76. The summed E-state index contributed by atoms with van der Waals surface area (Å²) < 4.78 is 1.84. The predicted molar refractivity (Wildman–Crippen MR) is 66.6 cm³/mol. The number of carbonyl (C=O) groups is 1. The van der Waals surface area contributed by atoms with Gasteiger partial charge >= 0.3 is 0 Å². The third kappa shape index (κ3) is 1.79. The number of hydrogen-bond acceptors (Lipinski definition) is 3. The van der Waals surface area contributed by atoms with E-state index in [1.165, 1.54) is 12.8 Å². The van der Waals surface area contributed by atoms with Crippen molar-refractivity contribution in [2.24, 2.45) is 5.92 Å². The van der Waals surface area contributed by atoms with Gasteiger partial charge in [-0.2, -0.15) is 0 Å². The van der Waals surface area contributed by atoms with Crippen LogP contribution in [0.1, 0.15) is 23.3 Å². The molecule has 0 radical (unpaired) electrons. The van der Waals surface area contributed by atoms with Gasteiger partial charge in [-0.3, -0.25) is 9.20 Å². The van der Waals surface area contributed by atoms with E-state index in [1.807, 2.05) is 35.8 Å². The van der Waals surface area contributed by atoms with E-state index in [-0.39, 0.29) is 0 Å². The molecule has 4 heteroatoms. The molecule has 0 bridgehead atoms. The number of pyridine rings is 1. The fourth-order valence-corrected chi connectivity index (χ4v) is 2.17. The molecule has 1 aliphatic rings. The summed E-state index contributed by atoms with van der Waals surface area (Å²) in [5.74, 6) is 1.57. The van der Waals surface area contributed by atoms with Gasteiger partial charge in [0.25, 0.3) is 0 Å². The van der Waals surface area contributed by atoms with Gasteiger partial charge in [-0.25, -0.2) is 4.98 Å². The van der Waals surface area contributed by atoms with Crippen LogP contribution in [0.25, 0.3) is 5.65 Å². The molecule has 2 heterocycles. The van der Waals surface area contributed by atoms with Gasteiger partial charge in [0.2, 0.25) is 0 Å². The lowest BCUT2D eigenvalue weighted by Gasteiger charge is -2.16. The SMILES string of the molecule is CN(CC1CC1)c1nc2ccccn2c1C=O. The Balaban J connectivity index is 2.04. The van der Waals surface area contributed by atoms with Crippen LogP contribution in [0.15, 0.2) is 24.4 Å². The molecule has 2 aromatic heterocycles. The lowest BCUT2D eigenvalue weighted by Crippen LogP contribution is -2.21. The normalized spacial score (nSPS) is 15.1. The number of aromatic nitrogens is 2. The molecule has 1 aliphatic carbocycles. The predicted octanol–water partition coefficient (Wildman–Crippen LogP) is 1.99. The van der Waals surface area contributed by atoms with Crippen molar-refractivity contribution in [1.29, 1.82) is 0 Å². The van der Waals surface area contributed by atoms with Crippen molar-refractivity contribution >= 4 is 17.8 Å². The number of imidazole rings is 1. The molecule has 0 amide bonds. The van der Waals surface area contributed by atoms with Gasteiger partial charge in [0.15, 0.2) is 12.1 Å². The van der Waals surface area contributed by atoms with Crippen LogP contribution in [-0.4, -0.2) is 29.3 Å². The van der Waals surface area contributed by atoms with Crippen LogP contribution in [0.2, 0.25) is 0 Å². The summed E-state index contributed by atoms with van der Waals surface area (Å²) >= 11 is 0. The molecule has 0 atom stereocenters. The largest absolute Gasteiger partial charge is 0.357 e. The van der Waals surface area contributed by atoms with Gasteiger partial charge in [-0.1, -0.05) is 6.07 Å². The summed E-state index contributed by atoms with van der Waals surface area (Å²) in [6.45, 7) is 0.991. The highest BCUT2D eigenvalue weighted by Gasteiger charge is 2.25. The van der Waals surface area contributed by atoms with Crippen molar-refractivity contribution in [3.8, 4) is 0 Å². The highest BCUT2D eigenvalue weighted by Crippen LogP contribution is 2.31. The molecule has 1 fully saturated rings. The minimum atomic E-state index is 0.642. The Bertz CT molecular complexity index is 557. The van der Waals surface area contributed by atoms with Crippen LogP contribution in [0.3, 0.4) is 0 Å². The van der Waals surface area contributed by atoms with Crippen molar-refractivity contribution in [1.82, 2.24) is 9.38 Å². The van der Waals surface area contributed by atoms with E-state index in [1.54, 1.807) is 0 Å². The molecule has 2 aromatic rings. The molecule has 0 N–H and O–H groups in total. The van der Waals surface area contributed by atoms with Crippen LogP contribution in [0.4, 0.5) is 5.82 Å². The molecule has 0 spiro atoms. The fraction of sp³-hybridized carbons (Fsp3) is 0.385. The maximum absolute atomic E-state index is 11.2. The topological polar surface area (TPSA) is 37.6 Å². The van der Waals surface area contributed by atoms with E-state index in [9.17, 15) is 4.79 Å². The highest BCUT2D eigenvalue weighted by molar-refractivity contribution is 5.83. The number of anilines is 1. The van der Waals surface area contributed by atoms with Gasteiger partial charge in [0.1, 0.15) is 11.3 Å². The molecule has 17 heavy (non-hydrogen) atoms. The molecule has 4 nitrogen and oxygen atoms in total. The number of fused-ring (bicyclic) bond motifs is 1. The van der Waals surface area contributed by atoms with Gasteiger partial charge in [-0.15, -0.1) is 0 Å². The molecule has 1 saturated carbocycles. The Morgan fingerprint density at radius 2 is 2.35 bits per heavy atom. The third-order valence-corrected chi connectivity index (χ3v) is 3.25. The van der Waals surface area contributed by atoms with Gasteiger partial charge in [0, 0.05) is 19.8 Å². The Hall–Kier alpha value is -1.84. The van der Waals surface area contributed by atoms with Gasteiger partial charge < -0.3 is 4.90 Å². The molecular weight excluding hydrogens is 214 g/mol. The third-order valence-electron chi connectivity index (χ3n) is 3.25. The number of aldehydes is 1. The minimum absolute atomic E-state index is 0.642. The van der Waals surface area contributed by atoms with Crippen molar-refractivity contribution in [2.45, 2.75) is 12.8 Å². The zero-order valence-electron chi connectivity index (χ0n) is 9.84. The molecule has 3 rings (SSSR count). The van der Waals surface area contributed by atoms with Crippen LogP contribution >= 0.6 is 0 Å². The lowest BCUT2D eigenvalue weighted by molar-refractivity contribution is 0.111. The van der Waals surface area contributed by atoms with E-state index in [0.717, 1.165) is 30.2 Å². The molecule has 0 aliphatic heterocycles. The van der Waals surface area contributed by atoms with E-state index >= 15 is 0 Å². The first-order valence-corrected chi connectivity index (χ1v) is 5.93. The van der Waals surface area contributed by atoms with Crippen molar-refractivity contribution in [2.75, 3.05) is 18.5 Å². The molecule has 88 valence electrons. The Labute approximate surface area is 99.9 Å². The Morgan fingerprint density at radius 3 is 3.06 bits per heavy atom. The van der Waals surface area contributed by atoms with Crippen LogP contribution in [0.5, 0.6) is 0 Å². The summed E-state index contributed by atoms with van der Waals surface area (Å²) in [4.78, 5) is 17.8. The van der Waals surface area contributed by atoms with E-state index in [2.05, 4.69) is 9.88 Å². The fourth-order valence-electron chi connectivity index (χ4n) is 2.17. The lowest BCUT2D eigenvalue weighted by atomic mass is 10.3. The highest BCUT2D eigenvalue weighted by atomic mass is 16.1. The smallest absolute Gasteiger partial charge is 0.170 e. The number of hydrogen-bond donors (Lipinski definition) is 0. The maximum Gasteiger partial charge on any atom is 0.170 e. The first-order chi connectivity index (χ1) is 8.29. The second-order valence-electron chi connectivity index (χ2n) is 4.69. The summed E-state index contributed by atoms with van der Waals surface area (Å²) in [5.41, 5.74) is 1.47. The second-order valence-corrected chi connectivity index (χ2v) is 4.69. The van der Waals surface area contributed by atoms with E-state index in [0.29, 0.717) is 5.69 Å². The molecule has 0 aromatic carbocycles. The zero-order chi connectivity index (χ0) is 11.8. The van der Waals surface area contributed by atoms with Crippen molar-refractivity contribution in [3.63, 3.8) is 0 Å². The monoisotopic (exact) mass is 229 g/mol. The average Bonchev–Trinajstić information content (AvgIpc) is 3.07. The van der Waals surface area contributed by atoms with Gasteiger partial charge in [-0.05, 0) is 30.9 Å². The number of nitrogens with zero attached hydrogens (tertiary/aromatic N) is 3. The summed E-state index contributed by atoms with van der Waals surface area (Å²) in [6.07, 6.45) is 5.36. The zero-order valence-corrected chi connectivity index (χ0v) is 9.84. The van der Waals surface area contributed by atoms with Gasteiger partial charge in [0.05, 0.1) is 0 Å². The van der Waals surface area contributed by atoms with Crippen LogP contribution < -0.4 is 4.90 Å². The minimum Gasteiger partial charge on any atom is -0.357 e. The maximum atomic E-state index is 11.2. The summed E-state index contributed by atoms with van der Waals surface area (Å²) in [5, 5.41) is 0. The number of rotatable bonds is 4. The van der Waals surface area contributed by atoms with Crippen molar-refractivity contribution in [3.05, 3.63) is 30.1 Å². The van der Waals surface area contributed by atoms with E-state index < -0.39 is 0 Å². The van der Waals surface area contributed by atoms with Crippen molar-refractivity contribution < 1.29 is 4.79 Å². The first-order valence-electron chi connectivity index (χ1n) is 5.93. The molecule has 0 saturated heterocycles. The standard InChI is InChI=1S/C13H15N3O/c1-15(8-10-5-6-10)13-11(9-17)16-7-3-2-4-12(16)14-13/h2-4,7,9-10H,5-6,8H2,1H3. The molecular formula is C13H15N3O. The molecule has 0 unspecified atom stereocenters. The Kier molecular flexibility index (Phi) is 2.35. The number of carbonyl (C=O) groups excluding carboxylic acids is 1. The van der Waals surface area contributed by atoms with Crippen LogP contribution in [0, 0.1) is 5.92 Å². The second kappa shape index (κ2) is 3.87. The average molecular weight is 229 g/mol. The summed E-state index contributed by atoms with van der Waals surface area (Å²) in [7, 11) is 2.01.